The molecule has 5 nitrogen and oxygen atoms in total. The Morgan fingerprint density at radius 3 is 2.81 bits per heavy atom. The summed E-state index contributed by atoms with van der Waals surface area (Å²) in [6.45, 7) is 5.24. The summed E-state index contributed by atoms with van der Waals surface area (Å²) < 4.78 is 5.42. The molecule has 0 radical (unpaired) electrons. The van der Waals surface area contributed by atoms with Gasteiger partial charge in [0.15, 0.2) is 6.61 Å². The highest BCUT2D eigenvalue weighted by atomic mass is 16.5. The number of rotatable bonds is 7. The number of nitrogens with zero attached hydrogens (tertiary/aromatic N) is 1. The standard InChI is InChI=1S/C22H26N2O3/c1-16-9-10-18(17(2)14-16)6-5-12-23-21(25)11-13-24-19-7-3-4-8-20(19)27-15-22(24)26/h3-4,7-10,14H,5-6,11-13,15H2,1-2H3,(H,23,25). The summed E-state index contributed by atoms with van der Waals surface area (Å²) in [4.78, 5) is 25.9. The molecule has 0 spiro atoms. The third-order valence-electron chi connectivity index (χ3n) is 4.81. The van der Waals surface area contributed by atoms with E-state index in [4.69, 9.17) is 4.74 Å². The van der Waals surface area contributed by atoms with Gasteiger partial charge in [0.25, 0.3) is 5.91 Å². The number of ether oxygens (including phenoxy) is 1. The number of anilines is 1. The minimum Gasteiger partial charge on any atom is -0.482 e. The van der Waals surface area contributed by atoms with Gasteiger partial charge in [0.1, 0.15) is 5.75 Å². The van der Waals surface area contributed by atoms with Crippen LogP contribution in [-0.4, -0.2) is 31.5 Å². The lowest BCUT2D eigenvalue weighted by Crippen LogP contribution is -2.41. The Hall–Kier alpha value is -2.82. The van der Waals surface area contributed by atoms with Gasteiger partial charge in [-0.1, -0.05) is 35.9 Å². The molecule has 27 heavy (non-hydrogen) atoms. The van der Waals surface area contributed by atoms with E-state index in [0.29, 0.717) is 18.8 Å². The van der Waals surface area contributed by atoms with Crippen LogP contribution in [0.3, 0.4) is 0 Å². The molecule has 0 bridgehead atoms. The molecule has 0 saturated heterocycles. The normalized spacial score (nSPS) is 13.1. The fourth-order valence-electron chi connectivity index (χ4n) is 3.33. The average Bonchev–Trinajstić information content (AvgIpc) is 2.66. The third kappa shape index (κ3) is 4.88. The van der Waals surface area contributed by atoms with Crippen molar-refractivity contribution in [2.24, 2.45) is 0 Å². The maximum Gasteiger partial charge on any atom is 0.265 e. The van der Waals surface area contributed by atoms with E-state index in [-0.39, 0.29) is 24.8 Å². The predicted octanol–water partition coefficient (Wildman–Crippen LogP) is 3.17. The van der Waals surface area contributed by atoms with Crippen molar-refractivity contribution in [3.63, 3.8) is 0 Å². The zero-order chi connectivity index (χ0) is 19.2. The smallest absolute Gasteiger partial charge is 0.265 e. The molecule has 0 fully saturated rings. The molecule has 2 aromatic rings. The molecule has 5 heteroatoms. The molecule has 0 saturated carbocycles. The van der Waals surface area contributed by atoms with Crippen molar-refractivity contribution in [3.8, 4) is 5.75 Å². The largest absolute Gasteiger partial charge is 0.482 e. The van der Waals surface area contributed by atoms with Crippen LogP contribution >= 0.6 is 0 Å². The summed E-state index contributed by atoms with van der Waals surface area (Å²) in [6.07, 6.45) is 2.13. The summed E-state index contributed by atoms with van der Waals surface area (Å²) in [6, 6.07) is 13.9. The molecule has 0 aliphatic carbocycles. The van der Waals surface area contributed by atoms with Gasteiger partial charge in [-0.15, -0.1) is 0 Å². The van der Waals surface area contributed by atoms with E-state index in [1.807, 2.05) is 24.3 Å². The van der Waals surface area contributed by atoms with Gasteiger partial charge in [-0.05, 0) is 49.9 Å². The fraction of sp³-hybridized carbons (Fsp3) is 0.364. The Bertz CT molecular complexity index is 832. The van der Waals surface area contributed by atoms with Gasteiger partial charge in [-0.25, -0.2) is 0 Å². The number of carbonyl (C=O) groups excluding carboxylic acids is 2. The summed E-state index contributed by atoms with van der Waals surface area (Å²) >= 11 is 0. The van der Waals surface area contributed by atoms with E-state index in [0.717, 1.165) is 18.5 Å². The zero-order valence-corrected chi connectivity index (χ0v) is 16.0. The van der Waals surface area contributed by atoms with Crippen LogP contribution in [-0.2, 0) is 16.0 Å². The van der Waals surface area contributed by atoms with Crippen LogP contribution in [0, 0.1) is 13.8 Å². The summed E-state index contributed by atoms with van der Waals surface area (Å²) in [7, 11) is 0. The number of fused-ring (bicyclic) bond motifs is 1. The fourth-order valence-corrected chi connectivity index (χ4v) is 3.33. The number of hydrogen-bond donors (Lipinski definition) is 1. The van der Waals surface area contributed by atoms with E-state index < -0.39 is 0 Å². The van der Waals surface area contributed by atoms with Crippen LogP contribution in [0.4, 0.5) is 5.69 Å². The molecule has 2 amide bonds. The molecular weight excluding hydrogens is 340 g/mol. The van der Waals surface area contributed by atoms with Crippen molar-refractivity contribution < 1.29 is 14.3 Å². The number of amides is 2. The Morgan fingerprint density at radius 2 is 2.00 bits per heavy atom. The highest BCUT2D eigenvalue weighted by Gasteiger charge is 2.25. The monoisotopic (exact) mass is 366 g/mol. The Labute approximate surface area is 160 Å². The van der Waals surface area contributed by atoms with E-state index in [2.05, 4.69) is 37.4 Å². The molecular formula is C22H26N2O3. The molecule has 3 rings (SSSR count). The average molecular weight is 366 g/mol. The van der Waals surface area contributed by atoms with E-state index in [9.17, 15) is 9.59 Å². The number of carbonyl (C=O) groups is 2. The van der Waals surface area contributed by atoms with Crippen LogP contribution in [0.1, 0.15) is 29.5 Å². The van der Waals surface area contributed by atoms with Crippen molar-refractivity contribution in [1.82, 2.24) is 5.32 Å². The Kier molecular flexibility index (Phi) is 6.12. The topological polar surface area (TPSA) is 58.6 Å². The summed E-state index contributed by atoms with van der Waals surface area (Å²) in [5.74, 6) is 0.537. The SMILES string of the molecule is Cc1ccc(CCCNC(=O)CCN2C(=O)COc3ccccc32)c(C)c1. The van der Waals surface area contributed by atoms with Gasteiger partial charge in [-0.3, -0.25) is 9.59 Å². The van der Waals surface area contributed by atoms with Crippen molar-refractivity contribution in [2.75, 3.05) is 24.6 Å². The van der Waals surface area contributed by atoms with Crippen molar-refractivity contribution in [3.05, 3.63) is 59.2 Å². The second-order valence-electron chi connectivity index (χ2n) is 6.94. The first-order valence-corrected chi connectivity index (χ1v) is 9.39. The van der Waals surface area contributed by atoms with Gasteiger partial charge in [-0.2, -0.15) is 0 Å². The van der Waals surface area contributed by atoms with Gasteiger partial charge in [0.05, 0.1) is 5.69 Å². The van der Waals surface area contributed by atoms with Gasteiger partial charge in [0.2, 0.25) is 5.91 Å². The Morgan fingerprint density at radius 1 is 1.19 bits per heavy atom. The third-order valence-corrected chi connectivity index (χ3v) is 4.81. The second-order valence-corrected chi connectivity index (χ2v) is 6.94. The number of nitrogens with one attached hydrogen (secondary N) is 1. The first kappa shape index (κ1) is 19.0. The van der Waals surface area contributed by atoms with Gasteiger partial charge < -0.3 is 15.0 Å². The van der Waals surface area contributed by atoms with Crippen LogP contribution in [0.25, 0.3) is 0 Å². The van der Waals surface area contributed by atoms with Crippen LogP contribution in [0.5, 0.6) is 5.75 Å². The molecule has 142 valence electrons. The maximum atomic E-state index is 12.1. The summed E-state index contributed by atoms with van der Waals surface area (Å²) in [5, 5.41) is 2.95. The van der Waals surface area contributed by atoms with Crippen LogP contribution in [0.15, 0.2) is 42.5 Å². The van der Waals surface area contributed by atoms with Crippen molar-refractivity contribution in [1.29, 1.82) is 0 Å². The lowest BCUT2D eigenvalue weighted by Gasteiger charge is -2.29. The maximum absolute atomic E-state index is 12.1. The molecule has 0 unspecified atom stereocenters. The van der Waals surface area contributed by atoms with Crippen molar-refractivity contribution in [2.45, 2.75) is 33.1 Å². The van der Waals surface area contributed by atoms with Gasteiger partial charge in [0, 0.05) is 19.5 Å². The second kappa shape index (κ2) is 8.71. The molecule has 1 heterocycles. The molecule has 2 aromatic carbocycles. The first-order valence-electron chi connectivity index (χ1n) is 9.39. The van der Waals surface area contributed by atoms with E-state index >= 15 is 0 Å². The zero-order valence-electron chi connectivity index (χ0n) is 16.0. The molecule has 1 aliphatic heterocycles. The molecule has 0 atom stereocenters. The number of benzene rings is 2. The summed E-state index contributed by atoms with van der Waals surface area (Å²) in [5.41, 5.74) is 4.62. The first-order chi connectivity index (χ1) is 13.0. The predicted molar refractivity (Wildman–Crippen MR) is 106 cm³/mol. The van der Waals surface area contributed by atoms with E-state index in [1.54, 1.807) is 4.90 Å². The molecule has 0 aromatic heterocycles. The van der Waals surface area contributed by atoms with E-state index in [1.165, 1.54) is 16.7 Å². The van der Waals surface area contributed by atoms with Gasteiger partial charge >= 0.3 is 0 Å². The van der Waals surface area contributed by atoms with Crippen LogP contribution in [0.2, 0.25) is 0 Å². The number of aryl methyl sites for hydroxylation is 3. The lowest BCUT2D eigenvalue weighted by atomic mass is 10.0. The lowest BCUT2D eigenvalue weighted by molar-refractivity contribution is -0.122. The Balaban J connectivity index is 1.43. The minimum atomic E-state index is -0.114. The highest BCUT2D eigenvalue weighted by Crippen LogP contribution is 2.31. The number of para-hydroxylation sites is 2. The quantitative estimate of drug-likeness (QED) is 0.766. The molecule has 1 N–H and O–H groups in total. The highest BCUT2D eigenvalue weighted by molar-refractivity contribution is 5.98. The molecule has 1 aliphatic rings. The van der Waals surface area contributed by atoms with Crippen LogP contribution < -0.4 is 15.0 Å². The number of hydrogen-bond acceptors (Lipinski definition) is 3. The van der Waals surface area contributed by atoms with Crippen molar-refractivity contribution >= 4 is 17.5 Å². The minimum absolute atomic E-state index is 0.0224.